The zero-order chi connectivity index (χ0) is 18.2. The Morgan fingerprint density at radius 2 is 0.885 bits per heavy atom. The van der Waals surface area contributed by atoms with Gasteiger partial charge >= 0.3 is 0 Å². The van der Waals surface area contributed by atoms with Gasteiger partial charge in [0.05, 0.1) is 0 Å². The molecule has 0 fully saturated rings. The van der Waals surface area contributed by atoms with Crippen molar-refractivity contribution in [3.63, 3.8) is 0 Å². The van der Waals surface area contributed by atoms with E-state index in [1.165, 1.54) is 0 Å². The van der Waals surface area contributed by atoms with Crippen LogP contribution in [-0.2, 0) is 0 Å². The van der Waals surface area contributed by atoms with Gasteiger partial charge in [0.2, 0.25) is 0 Å². The molecule has 0 aliphatic carbocycles. The highest BCUT2D eigenvalue weighted by Gasteiger charge is 1.93. The fraction of sp³-hybridized carbons (Fsp3) is 0. The van der Waals surface area contributed by atoms with E-state index < -0.39 is 0 Å². The molecule has 3 aromatic carbocycles. The number of terminal acetylenes is 2. The lowest BCUT2D eigenvalue weighted by Crippen LogP contribution is -1.78. The third-order valence-electron chi connectivity index (χ3n) is 3.98. The highest BCUT2D eigenvalue weighted by molar-refractivity contribution is 5.73. The first-order chi connectivity index (χ1) is 12.8. The molecule has 26 heavy (non-hydrogen) atoms. The van der Waals surface area contributed by atoms with E-state index in [4.69, 9.17) is 12.8 Å². The van der Waals surface area contributed by atoms with E-state index in [1.807, 2.05) is 48.5 Å². The van der Waals surface area contributed by atoms with Crippen molar-refractivity contribution in [1.29, 1.82) is 0 Å². The van der Waals surface area contributed by atoms with Gasteiger partial charge in [0.25, 0.3) is 0 Å². The molecule has 0 heteroatoms. The molecule has 0 N–H and O–H groups in total. The summed E-state index contributed by atoms with van der Waals surface area (Å²) >= 11 is 0. The molecule has 0 aliphatic rings. The number of hydrogen-bond donors (Lipinski definition) is 0. The van der Waals surface area contributed by atoms with Gasteiger partial charge in [-0.25, -0.2) is 0 Å². The van der Waals surface area contributed by atoms with Gasteiger partial charge in [0.15, 0.2) is 0 Å². The Balaban J connectivity index is 1.70. The van der Waals surface area contributed by atoms with Crippen LogP contribution in [0.25, 0.3) is 24.3 Å². The second-order valence-electron chi connectivity index (χ2n) is 5.87. The van der Waals surface area contributed by atoms with Crippen molar-refractivity contribution in [1.82, 2.24) is 0 Å². The molecular weight excluding hydrogens is 312 g/mol. The molecule has 0 nitrogen and oxygen atoms in total. The average molecular weight is 330 g/mol. The van der Waals surface area contributed by atoms with Gasteiger partial charge in [-0.1, -0.05) is 84.7 Å². The predicted molar refractivity (Wildman–Crippen MR) is 113 cm³/mol. The standard InChI is InChI=1S/C26H18/c1-3-21-7-5-9-25(19-21)17-15-23-11-13-24(14-12-23)16-18-26-10-6-8-22(4-2)20-26/h1-2,5-20H. The van der Waals surface area contributed by atoms with Crippen LogP contribution in [0, 0.1) is 24.7 Å². The Hall–Kier alpha value is -3.74. The van der Waals surface area contributed by atoms with E-state index in [2.05, 4.69) is 60.4 Å². The Morgan fingerprint density at radius 1 is 0.500 bits per heavy atom. The molecule has 3 rings (SSSR count). The third kappa shape index (κ3) is 4.64. The van der Waals surface area contributed by atoms with Crippen LogP contribution in [0.15, 0.2) is 72.8 Å². The van der Waals surface area contributed by atoms with E-state index in [0.717, 1.165) is 33.4 Å². The number of rotatable bonds is 4. The van der Waals surface area contributed by atoms with E-state index in [-0.39, 0.29) is 0 Å². The SMILES string of the molecule is C#Cc1cccc(C=Cc2ccc(C=Cc3cccc(C#C)c3)cc2)c1. The second-order valence-corrected chi connectivity index (χ2v) is 5.87. The zero-order valence-electron chi connectivity index (χ0n) is 14.4. The van der Waals surface area contributed by atoms with Crippen LogP contribution < -0.4 is 0 Å². The van der Waals surface area contributed by atoms with E-state index in [1.54, 1.807) is 0 Å². The summed E-state index contributed by atoms with van der Waals surface area (Å²) in [5.74, 6) is 5.31. The minimum absolute atomic E-state index is 0.890. The van der Waals surface area contributed by atoms with Crippen LogP contribution in [0.2, 0.25) is 0 Å². The average Bonchev–Trinajstić information content (AvgIpc) is 2.72. The maximum atomic E-state index is 5.44. The Kier molecular flexibility index (Phi) is 5.51. The lowest BCUT2D eigenvalue weighted by molar-refractivity contribution is 1.60. The van der Waals surface area contributed by atoms with Gasteiger partial charge in [-0.3, -0.25) is 0 Å². The van der Waals surface area contributed by atoms with Crippen LogP contribution in [0.5, 0.6) is 0 Å². The molecule has 0 amide bonds. The van der Waals surface area contributed by atoms with Crippen molar-refractivity contribution in [3.8, 4) is 24.7 Å². The first-order valence-corrected chi connectivity index (χ1v) is 8.36. The molecule has 0 unspecified atom stereocenters. The first-order valence-electron chi connectivity index (χ1n) is 8.36. The van der Waals surface area contributed by atoms with Crippen LogP contribution in [0.1, 0.15) is 33.4 Å². The summed E-state index contributed by atoms with van der Waals surface area (Å²) < 4.78 is 0. The van der Waals surface area contributed by atoms with Gasteiger partial charge in [0, 0.05) is 11.1 Å². The van der Waals surface area contributed by atoms with Crippen molar-refractivity contribution in [2.75, 3.05) is 0 Å². The van der Waals surface area contributed by atoms with Crippen molar-refractivity contribution >= 4 is 24.3 Å². The molecule has 0 spiro atoms. The van der Waals surface area contributed by atoms with Crippen LogP contribution in [0.4, 0.5) is 0 Å². The summed E-state index contributed by atoms with van der Waals surface area (Å²) in [6.45, 7) is 0. The number of benzene rings is 3. The molecule has 0 saturated carbocycles. The maximum Gasteiger partial charge on any atom is 0.0248 e. The molecule has 0 aliphatic heterocycles. The molecule has 3 aromatic rings. The topological polar surface area (TPSA) is 0 Å². The van der Waals surface area contributed by atoms with Crippen LogP contribution >= 0.6 is 0 Å². The van der Waals surface area contributed by atoms with E-state index >= 15 is 0 Å². The molecule has 0 aromatic heterocycles. The molecule has 0 atom stereocenters. The summed E-state index contributed by atoms with van der Waals surface area (Å²) in [5, 5.41) is 0. The Labute approximate surface area is 155 Å². The third-order valence-corrected chi connectivity index (χ3v) is 3.98. The van der Waals surface area contributed by atoms with Crippen molar-refractivity contribution in [2.45, 2.75) is 0 Å². The first kappa shape index (κ1) is 17.1. The van der Waals surface area contributed by atoms with Gasteiger partial charge in [-0.05, 0) is 46.5 Å². The second kappa shape index (κ2) is 8.39. The smallest absolute Gasteiger partial charge is 0.0248 e. The zero-order valence-corrected chi connectivity index (χ0v) is 14.4. The normalized spacial score (nSPS) is 10.7. The van der Waals surface area contributed by atoms with E-state index in [0.29, 0.717) is 0 Å². The lowest BCUT2D eigenvalue weighted by Gasteiger charge is -1.98. The summed E-state index contributed by atoms with van der Waals surface area (Å²) in [7, 11) is 0. The molecule has 0 heterocycles. The van der Waals surface area contributed by atoms with Crippen molar-refractivity contribution in [2.24, 2.45) is 0 Å². The van der Waals surface area contributed by atoms with Crippen molar-refractivity contribution < 1.29 is 0 Å². The monoisotopic (exact) mass is 330 g/mol. The van der Waals surface area contributed by atoms with Crippen LogP contribution in [0.3, 0.4) is 0 Å². The van der Waals surface area contributed by atoms with E-state index in [9.17, 15) is 0 Å². The lowest BCUT2D eigenvalue weighted by atomic mass is 10.1. The fourth-order valence-electron chi connectivity index (χ4n) is 2.57. The molecule has 0 radical (unpaired) electrons. The summed E-state index contributed by atoms with van der Waals surface area (Å²) in [5.41, 5.74) is 6.25. The number of hydrogen-bond acceptors (Lipinski definition) is 0. The summed E-state index contributed by atoms with van der Waals surface area (Å²) in [6.07, 6.45) is 19.2. The maximum absolute atomic E-state index is 5.44. The minimum atomic E-state index is 0.890. The minimum Gasteiger partial charge on any atom is -0.115 e. The van der Waals surface area contributed by atoms with Crippen LogP contribution in [-0.4, -0.2) is 0 Å². The van der Waals surface area contributed by atoms with Gasteiger partial charge in [-0.15, -0.1) is 12.8 Å². The van der Waals surface area contributed by atoms with Crippen molar-refractivity contribution in [3.05, 3.63) is 106 Å². The van der Waals surface area contributed by atoms with Gasteiger partial charge in [0.1, 0.15) is 0 Å². The molecular formula is C26H18. The molecule has 0 saturated heterocycles. The predicted octanol–water partition coefficient (Wildman–Crippen LogP) is 5.99. The quantitative estimate of drug-likeness (QED) is 0.407. The Morgan fingerprint density at radius 3 is 1.27 bits per heavy atom. The molecule has 122 valence electrons. The highest BCUT2D eigenvalue weighted by atomic mass is 14.0. The highest BCUT2D eigenvalue weighted by Crippen LogP contribution is 2.14. The Bertz CT molecular complexity index is 946. The largest absolute Gasteiger partial charge is 0.115 e. The summed E-state index contributed by atoms with van der Waals surface area (Å²) in [6, 6.07) is 24.3. The van der Waals surface area contributed by atoms with Gasteiger partial charge in [-0.2, -0.15) is 0 Å². The fourth-order valence-corrected chi connectivity index (χ4v) is 2.57. The van der Waals surface area contributed by atoms with Gasteiger partial charge < -0.3 is 0 Å². The molecule has 0 bridgehead atoms. The summed E-state index contributed by atoms with van der Waals surface area (Å²) in [4.78, 5) is 0.